The first-order chi connectivity index (χ1) is 6.59. The standard InChI is InChI=1S/C10H12O4/c1-7(6-9(11)10(12)13)5-8-3-2-4-14-8/h2-5,9,11H,6H2,1H3,(H,12,13)/b7-5+. The lowest BCUT2D eigenvalue weighted by atomic mass is 10.1. The van der Waals surface area contributed by atoms with Crippen molar-refractivity contribution in [3.05, 3.63) is 29.7 Å². The molecular formula is C10H12O4. The quantitative estimate of drug-likeness (QED) is 0.765. The van der Waals surface area contributed by atoms with Crippen LogP contribution in [0.3, 0.4) is 0 Å². The van der Waals surface area contributed by atoms with Crippen molar-refractivity contribution in [1.82, 2.24) is 0 Å². The number of hydrogen-bond donors (Lipinski definition) is 2. The molecular weight excluding hydrogens is 184 g/mol. The summed E-state index contributed by atoms with van der Waals surface area (Å²) in [5.74, 6) is -0.558. The van der Waals surface area contributed by atoms with Crippen LogP contribution in [0.15, 0.2) is 28.4 Å². The van der Waals surface area contributed by atoms with Gasteiger partial charge in [0.05, 0.1) is 6.26 Å². The van der Waals surface area contributed by atoms with Gasteiger partial charge in [-0.3, -0.25) is 0 Å². The second kappa shape index (κ2) is 4.62. The molecule has 1 heterocycles. The van der Waals surface area contributed by atoms with Crippen LogP contribution in [0.1, 0.15) is 19.1 Å². The van der Waals surface area contributed by atoms with Gasteiger partial charge in [-0.25, -0.2) is 4.79 Å². The van der Waals surface area contributed by atoms with Crippen LogP contribution in [0.25, 0.3) is 6.08 Å². The molecule has 0 aliphatic rings. The van der Waals surface area contributed by atoms with Gasteiger partial charge in [0.25, 0.3) is 0 Å². The second-order valence-corrected chi connectivity index (χ2v) is 3.06. The summed E-state index contributed by atoms with van der Waals surface area (Å²) in [5.41, 5.74) is 0.759. The van der Waals surface area contributed by atoms with Crippen molar-refractivity contribution in [2.24, 2.45) is 0 Å². The van der Waals surface area contributed by atoms with Crippen molar-refractivity contribution < 1.29 is 19.4 Å². The first-order valence-corrected chi connectivity index (χ1v) is 4.21. The van der Waals surface area contributed by atoms with E-state index >= 15 is 0 Å². The average Bonchev–Trinajstić information content (AvgIpc) is 2.56. The van der Waals surface area contributed by atoms with Crippen molar-refractivity contribution in [2.75, 3.05) is 0 Å². The SMILES string of the molecule is C/C(=C\c1ccco1)CC(O)C(=O)O. The molecule has 1 rings (SSSR count). The Labute approximate surface area is 81.5 Å². The van der Waals surface area contributed by atoms with Crippen LogP contribution in [0, 0.1) is 0 Å². The Morgan fingerprint density at radius 2 is 2.43 bits per heavy atom. The lowest BCUT2D eigenvalue weighted by molar-refractivity contribution is -0.146. The average molecular weight is 196 g/mol. The first-order valence-electron chi connectivity index (χ1n) is 4.21. The maximum Gasteiger partial charge on any atom is 0.332 e. The van der Waals surface area contributed by atoms with Gasteiger partial charge in [0.1, 0.15) is 5.76 Å². The number of aliphatic hydroxyl groups excluding tert-OH is 1. The molecule has 0 saturated heterocycles. The van der Waals surface area contributed by atoms with Gasteiger partial charge in [0.2, 0.25) is 0 Å². The molecule has 14 heavy (non-hydrogen) atoms. The Bertz CT molecular complexity index is 324. The Balaban J connectivity index is 2.58. The maximum absolute atomic E-state index is 10.3. The molecule has 0 bridgehead atoms. The summed E-state index contributed by atoms with van der Waals surface area (Å²) in [7, 11) is 0. The number of rotatable bonds is 4. The summed E-state index contributed by atoms with van der Waals surface area (Å²) >= 11 is 0. The van der Waals surface area contributed by atoms with E-state index in [-0.39, 0.29) is 6.42 Å². The molecule has 1 atom stereocenters. The van der Waals surface area contributed by atoms with Crippen LogP contribution >= 0.6 is 0 Å². The van der Waals surface area contributed by atoms with E-state index in [1.54, 1.807) is 25.1 Å². The fraction of sp³-hybridized carbons (Fsp3) is 0.300. The van der Waals surface area contributed by atoms with Crippen LogP contribution in [0.2, 0.25) is 0 Å². The molecule has 1 aromatic rings. The van der Waals surface area contributed by atoms with Crippen LogP contribution in [0.4, 0.5) is 0 Å². The first kappa shape index (κ1) is 10.5. The van der Waals surface area contributed by atoms with Crippen molar-refractivity contribution in [3.8, 4) is 0 Å². The highest BCUT2D eigenvalue weighted by Crippen LogP contribution is 2.11. The van der Waals surface area contributed by atoms with Crippen molar-refractivity contribution in [3.63, 3.8) is 0 Å². The van der Waals surface area contributed by atoms with E-state index in [0.29, 0.717) is 5.76 Å². The molecule has 0 aromatic carbocycles. The minimum atomic E-state index is -1.35. The lowest BCUT2D eigenvalue weighted by Gasteiger charge is -2.04. The summed E-state index contributed by atoms with van der Waals surface area (Å²) in [6.45, 7) is 1.74. The molecule has 2 N–H and O–H groups in total. The highest BCUT2D eigenvalue weighted by Gasteiger charge is 2.13. The normalized spacial score (nSPS) is 14.0. The van der Waals surface area contributed by atoms with Gasteiger partial charge in [-0.1, -0.05) is 5.57 Å². The molecule has 1 unspecified atom stereocenters. The van der Waals surface area contributed by atoms with Crippen LogP contribution in [-0.4, -0.2) is 22.3 Å². The van der Waals surface area contributed by atoms with E-state index in [2.05, 4.69) is 0 Å². The summed E-state index contributed by atoms with van der Waals surface area (Å²) in [4.78, 5) is 10.3. The van der Waals surface area contributed by atoms with Crippen LogP contribution < -0.4 is 0 Å². The second-order valence-electron chi connectivity index (χ2n) is 3.06. The highest BCUT2D eigenvalue weighted by molar-refractivity contribution is 5.72. The highest BCUT2D eigenvalue weighted by atomic mass is 16.4. The summed E-state index contributed by atoms with van der Waals surface area (Å²) in [6.07, 6.45) is 2.00. The summed E-state index contributed by atoms with van der Waals surface area (Å²) < 4.78 is 5.04. The monoisotopic (exact) mass is 196 g/mol. The number of aliphatic carboxylic acids is 1. The van der Waals surface area contributed by atoms with E-state index < -0.39 is 12.1 Å². The predicted molar refractivity (Wildman–Crippen MR) is 50.6 cm³/mol. The minimum absolute atomic E-state index is 0.107. The number of furan rings is 1. The van der Waals surface area contributed by atoms with Crippen LogP contribution in [-0.2, 0) is 4.79 Å². The Hall–Kier alpha value is -1.55. The van der Waals surface area contributed by atoms with E-state index in [1.807, 2.05) is 0 Å². The van der Waals surface area contributed by atoms with Crippen LogP contribution in [0.5, 0.6) is 0 Å². The molecule has 0 fully saturated rings. The van der Waals surface area contributed by atoms with E-state index in [4.69, 9.17) is 14.6 Å². The largest absolute Gasteiger partial charge is 0.479 e. The smallest absolute Gasteiger partial charge is 0.332 e. The van der Waals surface area contributed by atoms with Gasteiger partial charge in [-0.2, -0.15) is 0 Å². The van der Waals surface area contributed by atoms with Crippen molar-refractivity contribution >= 4 is 12.0 Å². The van der Waals surface area contributed by atoms with Gasteiger partial charge in [-0.05, 0) is 25.1 Å². The van der Waals surface area contributed by atoms with Gasteiger partial charge < -0.3 is 14.6 Å². The molecule has 0 aliphatic carbocycles. The summed E-state index contributed by atoms with van der Waals surface area (Å²) in [5, 5.41) is 17.5. The van der Waals surface area contributed by atoms with Gasteiger partial charge >= 0.3 is 5.97 Å². The number of carboxylic acid groups (broad SMARTS) is 1. The number of hydrogen-bond acceptors (Lipinski definition) is 3. The third kappa shape index (κ3) is 3.06. The molecule has 0 spiro atoms. The maximum atomic E-state index is 10.3. The molecule has 76 valence electrons. The minimum Gasteiger partial charge on any atom is -0.479 e. The van der Waals surface area contributed by atoms with Crippen molar-refractivity contribution in [2.45, 2.75) is 19.4 Å². The summed E-state index contributed by atoms with van der Waals surface area (Å²) in [6, 6.07) is 3.50. The molecule has 0 radical (unpaired) electrons. The fourth-order valence-corrected chi connectivity index (χ4v) is 1.07. The third-order valence-electron chi connectivity index (χ3n) is 1.73. The molecule has 4 nitrogen and oxygen atoms in total. The third-order valence-corrected chi connectivity index (χ3v) is 1.73. The van der Waals surface area contributed by atoms with Gasteiger partial charge in [0.15, 0.2) is 6.10 Å². The molecule has 0 aliphatic heterocycles. The fourth-order valence-electron chi connectivity index (χ4n) is 1.07. The Morgan fingerprint density at radius 1 is 1.71 bits per heavy atom. The number of carbonyl (C=O) groups is 1. The van der Waals surface area contributed by atoms with Gasteiger partial charge in [-0.15, -0.1) is 0 Å². The molecule has 0 amide bonds. The topological polar surface area (TPSA) is 70.7 Å². The lowest BCUT2D eigenvalue weighted by Crippen LogP contribution is -2.19. The zero-order valence-corrected chi connectivity index (χ0v) is 7.80. The number of carboxylic acids is 1. The Kier molecular flexibility index (Phi) is 3.48. The predicted octanol–water partition coefficient (Wildman–Crippen LogP) is 1.52. The van der Waals surface area contributed by atoms with Crippen molar-refractivity contribution in [1.29, 1.82) is 0 Å². The molecule has 1 aromatic heterocycles. The van der Waals surface area contributed by atoms with E-state index in [0.717, 1.165) is 5.57 Å². The molecule has 0 saturated carbocycles. The molecule has 4 heteroatoms. The number of aliphatic hydroxyl groups is 1. The zero-order valence-electron chi connectivity index (χ0n) is 7.80. The van der Waals surface area contributed by atoms with E-state index in [1.165, 1.54) is 6.26 Å². The van der Waals surface area contributed by atoms with E-state index in [9.17, 15) is 4.79 Å². The zero-order chi connectivity index (χ0) is 10.6. The Morgan fingerprint density at radius 3 is 2.93 bits per heavy atom. The van der Waals surface area contributed by atoms with Gasteiger partial charge in [0, 0.05) is 6.42 Å².